The summed E-state index contributed by atoms with van der Waals surface area (Å²) in [5.41, 5.74) is 0. The number of allylic oxidation sites excluding steroid dienone is 6. The summed E-state index contributed by atoms with van der Waals surface area (Å²) in [6.45, 7) is 3.63. The number of unbranched alkanes of at least 4 members (excludes halogenated alkanes) is 21. The molecule has 0 heterocycles. The van der Waals surface area contributed by atoms with E-state index in [4.69, 9.17) is 19.3 Å². The lowest BCUT2D eigenvalue weighted by molar-refractivity contribution is -0.161. The molecule has 0 unspecified atom stereocenters. The Hall–Kier alpha value is -1.73. The first-order valence-corrected chi connectivity index (χ1v) is 21.8. The van der Waals surface area contributed by atoms with Crippen molar-refractivity contribution in [2.75, 3.05) is 13.2 Å². The van der Waals surface area contributed by atoms with E-state index in [-0.39, 0.29) is 19.4 Å². The minimum absolute atomic E-state index is 0.199. The van der Waals surface area contributed by atoms with Crippen molar-refractivity contribution in [2.24, 2.45) is 0 Å². The molecule has 50 heavy (non-hydrogen) atoms. The fraction of sp³-hybridized carbons (Fsp3) is 0.805. The predicted molar refractivity (Wildman–Crippen MR) is 207 cm³/mol. The van der Waals surface area contributed by atoms with Crippen LogP contribution in [0, 0.1) is 0 Å². The van der Waals surface area contributed by atoms with Crippen LogP contribution >= 0.6 is 7.82 Å². The second-order valence-electron chi connectivity index (χ2n) is 13.6. The third-order valence-corrected chi connectivity index (χ3v) is 9.12. The number of ether oxygens (including phenoxy) is 2. The first-order valence-electron chi connectivity index (χ1n) is 20.3. The molecule has 0 aromatic heterocycles. The number of carbonyl (C=O) groups is 2. The van der Waals surface area contributed by atoms with Gasteiger partial charge in [-0.2, -0.15) is 0 Å². The maximum atomic E-state index is 12.4. The van der Waals surface area contributed by atoms with Gasteiger partial charge in [-0.05, 0) is 64.2 Å². The van der Waals surface area contributed by atoms with E-state index in [1.807, 2.05) is 0 Å². The second-order valence-corrected chi connectivity index (χ2v) is 14.8. The van der Waals surface area contributed by atoms with Crippen LogP contribution in [0.25, 0.3) is 0 Å². The lowest BCUT2D eigenvalue weighted by atomic mass is 10.1. The van der Waals surface area contributed by atoms with Gasteiger partial charge in [0, 0.05) is 12.8 Å². The molecule has 0 aliphatic carbocycles. The Morgan fingerprint density at radius 2 is 0.920 bits per heavy atom. The van der Waals surface area contributed by atoms with Crippen molar-refractivity contribution < 1.29 is 37.9 Å². The van der Waals surface area contributed by atoms with Crippen LogP contribution in [0.5, 0.6) is 0 Å². The van der Waals surface area contributed by atoms with Gasteiger partial charge in [-0.1, -0.05) is 153 Å². The molecule has 0 saturated heterocycles. The molecule has 0 saturated carbocycles. The lowest BCUT2D eigenvalue weighted by Crippen LogP contribution is -2.29. The van der Waals surface area contributed by atoms with Crippen LogP contribution < -0.4 is 0 Å². The third-order valence-electron chi connectivity index (χ3n) is 8.63. The molecule has 0 aromatic carbocycles. The van der Waals surface area contributed by atoms with Gasteiger partial charge in [0.05, 0.1) is 6.61 Å². The van der Waals surface area contributed by atoms with Crippen molar-refractivity contribution in [1.29, 1.82) is 0 Å². The highest BCUT2D eigenvalue weighted by Gasteiger charge is 2.22. The SMILES string of the molecule is CCCCCC/C=C/CCCCCCCCCC(=O)O[C@H](COC(=O)CCC/C=C/C/C=C/CCCCCCCCCCC)COP(=O)(O)O. The number of esters is 2. The van der Waals surface area contributed by atoms with Gasteiger partial charge >= 0.3 is 19.8 Å². The first-order chi connectivity index (χ1) is 24.3. The summed E-state index contributed by atoms with van der Waals surface area (Å²) in [6, 6.07) is 0. The van der Waals surface area contributed by atoms with Gasteiger partial charge in [-0.3, -0.25) is 14.1 Å². The minimum Gasteiger partial charge on any atom is -0.462 e. The van der Waals surface area contributed by atoms with Crippen molar-refractivity contribution in [1.82, 2.24) is 0 Å². The van der Waals surface area contributed by atoms with Gasteiger partial charge in [0.2, 0.25) is 0 Å². The average molecular weight is 727 g/mol. The Balaban J connectivity index is 4.00. The fourth-order valence-corrected chi connectivity index (χ4v) is 5.94. The van der Waals surface area contributed by atoms with Gasteiger partial charge in [0.15, 0.2) is 6.10 Å². The van der Waals surface area contributed by atoms with Crippen LogP contribution in [-0.4, -0.2) is 41.0 Å². The number of hydrogen-bond donors (Lipinski definition) is 2. The highest BCUT2D eigenvalue weighted by Crippen LogP contribution is 2.36. The summed E-state index contributed by atoms with van der Waals surface area (Å²) < 4.78 is 26.3. The Labute approximate surface area is 306 Å². The Morgan fingerprint density at radius 3 is 1.42 bits per heavy atom. The average Bonchev–Trinajstić information content (AvgIpc) is 3.08. The molecule has 0 fully saturated rings. The highest BCUT2D eigenvalue weighted by atomic mass is 31.2. The zero-order valence-corrected chi connectivity index (χ0v) is 32.9. The number of rotatable bonds is 37. The first kappa shape index (κ1) is 48.3. The van der Waals surface area contributed by atoms with E-state index in [1.165, 1.54) is 109 Å². The van der Waals surface area contributed by atoms with Gasteiger partial charge in [-0.15, -0.1) is 0 Å². The Kier molecular flexibility index (Phi) is 35.8. The van der Waals surface area contributed by atoms with Crippen LogP contribution in [0.1, 0.15) is 194 Å². The molecule has 0 aliphatic rings. The van der Waals surface area contributed by atoms with E-state index in [0.29, 0.717) is 12.8 Å². The van der Waals surface area contributed by atoms with E-state index >= 15 is 0 Å². The molecule has 0 aliphatic heterocycles. The van der Waals surface area contributed by atoms with E-state index in [9.17, 15) is 14.2 Å². The van der Waals surface area contributed by atoms with E-state index in [0.717, 1.165) is 44.9 Å². The molecule has 8 nitrogen and oxygen atoms in total. The maximum absolute atomic E-state index is 12.4. The second kappa shape index (κ2) is 37.0. The standard InChI is InChI=1S/C41H75O8P/c1-3-5-7-9-11-13-15-17-19-20-22-23-25-27-29-31-33-35-40(42)47-37-39(38-48-50(44,45)46)49-41(43)36-34-32-30-28-26-24-21-18-16-14-12-10-8-6-4-2/h14,16,22-23,27,29,39H,3-13,15,17-21,24-26,28,30-38H2,1-2H3,(H2,44,45,46)/b16-14+,23-22+,29-27+/t39-/m1/s1. The van der Waals surface area contributed by atoms with E-state index in [2.05, 4.69) is 54.8 Å². The van der Waals surface area contributed by atoms with Gasteiger partial charge < -0.3 is 19.3 Å². The van der Waals surface area contributed by atoms with Crippen LogP contribution in [0.15, 0.2) is 36.5 Å². The summed E-state index contributed by atoms with van der Waals surface area (Å²) in [5.74, 6) is -0.941. The largest absolute Gasteiger partial charge is 0.469 e. The normalized spacial score (nSPS) is 12.8. The zero-order chi connectivity index (χ0) is 36.8. The number of carbonyl (C=O) groups excluding carboxylic acids is 2. The minimum atomic E-state index is -4.76. The number of hydrogen-bond acceptors (Lipinski definition) is 6. The molecule has 0 rings (SSSR count). The molecule has 1 atom stereocenters. The molecule has 0 radical (unpaired) electrons. The Morgan fingerprint density at radius 1 is 0.520 bits per heavy atom. The maximum Gasteiger partial charge on any atom is 0.469 e. The van der Waals surface area contributed by atoms with Crippen molar-refractivity contribution >= 4 is 19.8 Å². The molecule has 0 amide bonds. The van der Waals surface area contributed by atoms with Gasteiger partial charge in [-0.25, -0.2) is 4.57 Å². The third kappa shape index (κ3) is 39.1. The molecule has 0 aromatic rings. The fourth-order valence-electron chi connectivity index (χ4n) is 5.58. The smallest absolute Gasteiger partial charge is 0.462 e. The van der Waals surface area contributed by atoms with E-state index in [1.54, 1.807) is 0 Å². The zero-order valence-electron chi connectivity index (χ0n) is 32.0. The lowest BCUT2D eigenvalue weighted by Gasteiger charge is -2.18. The summed E-state index contributed by atoms with van der Waals surface area (Å²) in [6.07, 6.45) is 43.0. The highest BCUT2D eigenvalue weighted by molar-refractivity contribution is 7.46. The summed E-state index contributed by atoms with van der Waals surface area (Å²) in [4.78, 5) is 42.7. The van der Waals surface area contributed by atoms with Crippen molar-refractivity contribution in [3.63, 3.8) is 0 Å². The van der Waals surface area contributed by atoms with Crippen molar-refractivity contribution in [2.45, 2.75) is 200 Å². The van der Waals surface area contributed by atoms with Crippen LogP contribution in [-0.2, 0) is 28.2 Å². The van der Waals surface area contributed by atoms with Crippen LogP contribution in [0.4, 0.5) is 0 Å². The topological polar surface area (TPSA) is 119 Å². The predicted octanol–water partition coefficient (Wildman–Crippen LogP) is 12.2. The summed E-state index contributed by atoms with van der Waals surface area (Å²) >= 11 is 0. The molecule has 9 heteroatoms. The van der Waals surface area contributed by atoms with Gasteiger partial charge in [0.1, 0.15) is 6.61 Å². The number of phosphoric ester groups is 1. The molecule has 292 valence electrons. The molecular formula is C41H75O8P. The summed E-state index contributed by atoms with van der Waals surface area (Å²) in [5, 5.41) is 0. The Bertz CT molecular complexity index is 910. The monoisotopic (exact) mass is 727 g/mol. The van der Waals surface area contributed by atoms with Crippen LogP contribution in [0.3, 0.4) is 0 Å². The molecule has 0 bridgehead atoms. The summed E-state index contributed by atoms with van der Waals surface area (Å²) in [7, 11) is -4.76. The number of phosphoric acid groups is 1. The van der Waals surface area contributed by atoms with E-state index < -0.39 is 32.5 Å². The van der Waals surface area contributed by atoms with Gasteiger partial charge in [0.25, 0.3) is 0 Å². The van der Waals surface area contributed by atoms with Crippen LogP contribution in [0.2, 0.25) is 0 Å². The molecule has 0 spiro atoms. The molecule has 2 N–H and O–H groups in total. The van der Waals surface area contributed by atoms with Crippen molar-refractivity contribution in [3.8, 4) is 0 Å². The molecular weight excluding hydrogens is 651 g/mol. The van der Waals surface area contributed by atoms with Crippen molar-refractivity contribution in [3.05, 3.63) is 36.5 Å². The quantitative estimate of drug-likeness (QED) is 0.0281.